The molecule has 6 heteroatoms. The van der Waals surface area contributed by atoms with Gasteiger partial charge in [0.25, 0.3) is 0 Å². The maximum absolute atomic E-state index is 13.0. The minimum Gasteiger partial charge on any atom is -0.344 e. The average Bonchev–Trinajstić information content (AvgIpc) is 2.74. The Morgan fingerprint density at radius 2 is 1.35 bits per heavy atom. The van der Waals surface area contributed by atoms with Crippen LogP contribution in [-0.4, -0.2) is 31.4 Å². The van der Waals surface area contributed by atoms with Crippen molar-refractivity contribution in [1.29, 1.82) is 0 Å². The summed E-state index contributed by atoms with van der Waals surface area (Å²) in [7, 11) is -3.57. The zero-order valence-corrected chi connectivity index (χ0v) is 18.9. The summed E-state index contributed by atoms with van der Waals surface area (Å²) in [5.74, 6) is -0.355. The van der Waals surface area contributed by atoms with Gasteiger partial charge in [-0.1, -0.05) is 90.0 Å². The standard InChI is InChI=1S/C25H28N2O3S/c1-19-9-13-21(14-10-19)17-27(31(3,29)30)18-24(28)26-25(22-7-5-4-6-8-22)23-15-11-20(2)12-16-23/h4-16,25H,17-18H2,1-3H3,(H,26,28)/t25-/m0/s1. The molecule has 3 aromatic rings. The number of hydrogen-bond acceptors (Lipinski definition) is 3. The number of benzene rings is 3. The van der Waals surface area contributed by atoms with Gasteiger partial charge in [-0.25, -0.2) is 8.42 Å². The van der Waals surface area contributed by atoms with Crippen LogP contribution >= 0.6 is 0 Å². The second-order valence-electron chi connectivity index (χ2n) is 7.84. The summed E-state index contributed by atoms with van der Waals surface area (Å²) in [4.78, 5) is 13.0. The first kappa shape index (κ1) is 22.7. The lowest BCUT2D eigenvalue weighted by atomic mass is 9.98. The number of sulfonamides is 1. The maximum Gasteiger partial charge on any atom is 0.236 e. The van der Waals surface area contributed by atoms with E-state index < -0.39 is 10.0 Å². The highest BCUT2D eigenvalue weighted by Crippen LogP contribution is 2.22. The van der Waals surface area contributed by atoms with Crippen molar-refractivity contribution in [3.8, 4) is 0 Å². The third-order valence-electron chi connectivity index (χ3n) is 5.12. The van der Waals surface area contributed by atoms with Gasteiger partial charge in [0.1, 0.15) is 0 Å². The zero-order valence-electron chi connectivity index (χ0n) is 18.1. The van der Waals surface area contributed by atoms with E-state index in [9.17, 15) is 13.2 Å². The van der Waals surface area contributed by atoms with Crippen molar-refractivity contribution in [2.24, 2.45) is 0 Å². The predicted octanol–water partition coefficient (Wildman–Crippen LogP) is 3.97. The van der Waals surface area contributed by atoms with E-state index in [1.165, 1.54) is 4.31 Å². The van der Waals surface area contributed by atoms with Crippen molar-refractivity contribution >= 4 is 15.9 Å². The van der Waals surface area contributed by atoms with Gasteiger partial charge in [0.15, 0.2) is 0 Å². The molecule has 0 saturated heterocycles. The highest BCUT2D eigenvalue weighted by Gasteiger charge is 2.23. The molecule has 0 spiro atoms. The molecule has 0 heterocycles. The number of aryl methyl sites for hydroxylation is 2. The second-order valence-corrected chi connectivity index (χ2v) is 9.82. The molecule has 5 nitrogen and oxygen atoms in total. The summed E-state index contributed by atoms with van der Waals surface area (Å²) in [6, 6.07) is 24.9. The van der Waals surface area contributed by atoms with E-state index in [-0.39, 0.29) is 25.0 Å². The van der Waals surface area contributed by atoms with E-state index in [1.54, 1.807) is 0 Å². The topological polar surface area (TPSA) is 66.5 Å². The molecule has 31 heavy (non-hydrogen) atoms. The fourth-order valence-electron chi connectivity index (χ4n) is 3.32. The molecule has 162 valence electrons. The van der Waals surface area contributed by atoms with Crippen LogP contribution in [0.5, 0.6) is 0 Å². The lowest BCUT2D eigenvalue weighted by molar-refractivity contribution is -0.121. The molecule has 0 aliphatic rings. The summed E-state index contributed by atoms with van der Waals surface area (Å²) >= 11 is 0. The lowest BCUT2D eigenvalue weighted by Crippen LogP contribution is -2.41. The first-order valence-corrected chi connectivity index (χ1v) is 12.0. The van der Waals surface area contributed by atoms with Crippen LogP contribution in [0.2, 0.25) is 0 Å². The number of amides is 1. The van der Waals surface area contributed by atoms with Crippen LogP contribution < -0.4 is 5.32 Å². The Bertz CT molecular complexity index is 1110. The Morgan fingerprint density at radius 3 is 1.90 bits per heavy atom. The number of carbonyl (C=O) groups is 1. The van der Waals surface area contributed by atoms with Gasteiger partial charge in [-0.15, -0.1) is 0 Å². The van der Waals surface area contributed by atoms with Crippen molar-refractivity contribution < 1.29 is 13.2 Å². The van der Waals surface area contributed by atoms with E-state index in [0.29, 0.717) is 0 Å². The Labute approximate surface area is 184 Å². The monoisotopic (exact) mass is 436 g/mol. The Kier molecular flexibility index (Phi) is 7.25. The van der Waals surface area contributed by atoms with Gasteiger partial charge < -0.3 is 5.32 Å². The summed E-state index contributed by atoms with van der Waals surface area (Å²) < 4.78 is 25.9. The fourth-order valence-corrected chi connectivity index (χ4v) is 4.05. The van der Waals surface area contributed by atoms with Gasteiger partial charge >= 0.3 is 0 Å². The molecule has 0 unspecified atom stereocenters. The average molecular weight is 437 g/mol. The molecule has 3 aromatic carbocycles. The van der Waals surface area contributed by atoms with Crippen LogP contribution in [0.15, 0.2) is 78.9 Å². The molecule has 0 radical (unpaired) electrons. The number of rotatable bonds is 8. The number of carbonyl (C=O) groups excluding carboxylic acids is 1. The minimum atomic E-state index is -3.57. The van der Waals surface area contributed by atoms with Crippen molar-refractivity contribution in [2.45, 2.75) is 26.4 Å². The Balaban J connectivity index is 1.80. The number of nitrogens with one attached hydrogen (secondary N) is 1. The molecule has 0 saturated carbocycles. The predicted molar refractivity (Wildman–Crippen MR) is 124 cm³/mol. The Morgan fingerprint density at radius 1 is 0.839 bits per heavy atom. The largest absolute Gasteiger partial charge is 0.344 e. The first-order chi connectivity index (χ1) is 14.7. The van der Waals surface area contributed by atoms with Crippen molar-refractivity contribution in [3.05, 3.63) is 107 Å². The quantitative estimate of drug-likeness (QED) is 0.581. The van der Waals surface area contributed by atoms with E-state index in [4.69, 9.17) is 0 Å². The third-order valence-corrected chi connectivity index (χ3v) is 6.31. The van der Waals surface area contributed by atoms with Gasteiger partial charge in [-0.05, 0) is 30.5 Å². The number of hydrogen-bond donors (Lipinski definition) is 1. The molecular formula is C25H28N2O3S. The van der Waals surface area contributed by atoms with Crippen LogP contribution in [-0.2, 0) is 21.4 Å². The SMILES string of the molecule is Cc1ccc(CN(CC(=O)N[C@@H](c2ccccc2)c2ccc(C)cc2)S(C)(=O)=O)cc1. The lowest BCUT2D eigenvalue weighted by Gasteiger charge is -2.24. The van der Waals surface area contributed by atoms with E-state index in [2.05, 4.69) is 5.32 Å². The molecule has 3 rings (SSSR count). The smallest absolute Gasteiger partial charge is 0.236 e. The molecular weight excluding hydrogens is 408 g/mol. The molecule has 0 aliphatic carbocycles. The third kappa shape index (κ3) is 6.51. The normalized spacial score (nSPS) is 12.5. The summed E-state index contributed by atoms with van der Waals surface area (Å²) in [6.45, 7) is 3.88. The zero-order chi connectivity index (χ0) is 22.4. The molecule has 0 aromatic heterocycles. The highest BCUT2D eigenvalue weighted by molar-refractivity contribution is 7.88. The molecule has 1 atom stereocenters. The molecule has 1 N–H and O–H groups in total. The van der Waals surface area contributed by atoms with Crippen molar-refractivity contribution in [3.63, 3.8) is 0 Å². The van der Waals surface area contributed by atoms with Gasteiger partial charge in [0.2, 0.25) is 15.9 Å². The van der Waals surface area contributed by atoms with Gasteiger partial charge in [-0.2, -0.15) is 4.31 Å². The first-order valence-electron chi connectivity index (χ1n) is 10.1. The Hall–Kier alpha value is -2.96. The molecule has 1 amide bonds. The van der Waals surface area contributed by atoms with Crippen molar-refractivity contribution in [2.75, 3.05) is 12.8 Å². The number of nitrogens with zero attached hydrogens (tertiary/aromatic N) is 1. The van der Waals surface area contributed by atoms with Crippen LogP contribution in [0.1, 0.15) is 33.9 Å². The van der Waals surface area contributed by atoms with E-state index in [0.717, 1.165) is 34.1 Å². The van der Waals surface area contributed by atoms with E-state index >= 15 is 0 Å². The molecule has 0 bridgehead atoms. The summed E-state index contributed by atoms with van der Waals surface area (Å²) in [5.41, 5.74) is 4.93. The molecule has 0 fully saturated rings. The van der Waals surface area contributed by atoms with Crippen LogP contribution in [0, 0.1) is 13.8 Å². The van der Waals surface area contributed by atoms with Crippen LogP contribution in [0.4, 0.5) is 0 Å². The van der Waals surface area contributed by atoms with Gasteiger partial charge in [-0.3, -0.25) is 4.79 Å². The van der Waals surface area contributed by atoms with E-state index in [1.807, 2.05) is 92.7 Å². The van der Waals surface area contributed by atoms with Crippen LogP contribution in [0.3, 0.4) is 0 Å². The maximum atomic E-state index is 13.0. The summed E-state index contributed by atoms with van der Waals surface area (Å²) in [5, 5.41) is 3.02. The van der Waals surface area contributed by atoms with Gasteiger partial charge in [0, 0.05) is 6.54 Å². The summed E-state index contributed by atoms with van der Waals surface area (Å²) in [6.07, 6.45) is 1.13. The highest BCUT2D eigenvalue weighted by atomic mass is 32.2. The van der Waals surface area contributed by atoms with Gasteiger partial charge in [0.05, 0.1) is 18.8 Å². The molecule has 0 aliphatic heterocycles. The fraction of sp³-hybridized carbons (Fsp3) is 0.240. The van der Waals surface area contributed by atoms with Crippen LogP contribution in [0.25, 0.3) is 0 Å². The second kappa shape index (κ2) is 9.90. The van der Waals surface area contributed by atoms with Crippen molar-refractivity contribution in [1.82, 2.24) is 9.62 Å². The minimum absolute atomic E-state index is 0.146.